The van der Waals surface area contributed by atoms with Gasteiger partial charge in [-0.1, -0.05) is 11.6 Å². The summed E-state index contributed by atoms with van der Waals surface area (Å²) in [7, 11) is 0. The molecule has 0 unspecified atom stereocenters. The maximum Gasteiger partial charge on any atom is 0.231 e. The highest BCUT2D eigenvalue weighted by Crippen LogP contribution is 2.39. The van der Waals surface area contributed by atoms with E-state index in [1.54, 1.807) is 0 Å². The highest BCUT2D eigenvalue weighted by Gasteiger charge is 2.19. The molecule has 3 nitrogen and oxygen atoms in total. The number of halogens is 1. The number of benzene rings is 1. The monoisotopic (exact) mass is 287 g/mol. The van der Waals surface area contributed by atoms with Crippen LogP contribution in [0.5, 0.6) is 11.5 Å². The van der Waals surface area contributed by atoms with Crippen LogP contribution in [-0.4, -0.2) is 24.3 Å². The van der Waals surface area contributed by atoms with Crippen molar-refractivity contribution < 1.29 is 9.47 Å². The van der Waals surface area contributed by atoms with Crippen molar-refractivity contribution in [2.24, 2.45) is 0 Å². The number of fused-ring (bicyclic) bond motifs is 1. The molecular formula is C13H18ClNO2S. The third-order valence-corrected chi connectivity index (χ3v) is 4.45. The molecule has 18 heavy (non-hydrogen) atoms. The van der Waals surface area contributed by atoms with E-state index in [1.807, 2.05) is 23.9 Å². The molecule has 0 aliphatic carbocycles. The zero-order valence-corrected chi connectivity index (χ0v) is 12.5. The van der Waals surface area contributed by atoms with Crippen LogP contribution in [0.25, 0.3) is 0 Å². The lowest BCUT2D eigenvalue weighted by Crippen LogP contribution is -2.31. The topological polar surface area (TPSA) is 30.5 Å². The largest absolute Gasteiger partial charge is 0.454 e. The Labute approximate surface area is 117 Å². The second kappa shape index (κ2) is 5.59. The van der Waals surface area contributed by atoms with Crippen LogP contribution in [0.15, 0.2) is 12.1 Å². The fourth-order valence-corrected chi connectivity index (χ4v) is 2.24. The van der Waals surface area contributed by atoms with Gasteiger partial charge in [0, 0.05) is 17.8 Å². The fraction of sp³-hybridized carbons (Fsp3) is 0.538. The molecule has 0 aromatic heterocycles. The van der Waals surface area contributed by atoms with E-state index >= 15 is 0 Å². The van der Waals surface area contributed by atoms with E-state index in [4.69, 9.17) is 21.1 Å². The van der Waals surface area contributed by atoms with E-state index in [0.717, 1.165) is 24.4 Å². The van der Waals surface area contributed by atoms with Gasteiger partial charge in [-0.15, -0.1) is 0 Å². The van der Waals surface area contributed by atoms with Crippen LogP contribution in [0.3, 0.4) is 0 Å². The molecule has 1 aliphatic rings. The molecule has 0 amide bonds. The first-order valence-electron chi connectivity index (χ1n) is 5.86. The Bertz CT molecular complexity index is 437. The minimum atomic E-state index is 0.236. The molecule has 5 heteroatoms. The van der Waals surface area contributed by atoms with Crippen molar-refractivity contribution in [1.82, 2.24) is 5.32 Å². The maximum atomic E-state index is 6.13. The van der Waals surface area contributed by atoms with Gasteiger partial charge in [0.1, 0.15) is 0 Å². The molecule has 100 valence electrons. The second-order valence-corrected chi connectivity index (χ2v) is 6.80. The molecule has 0 fully saturated rings. The van der Waals surface area contributed by atoms with E-state index in [-0.39, 0.29) is 11.5 Å². The third-order valence-electron chi connectivity index (χ3n) is 2.92. The molecule has 2 rings (SSSR count). The van der Waals surface area contributed by atoms with Gasteiger partial charge in [0.25, 0.3) is 0 Å². The molecule has 0 atom stereocenters. The van der Waals surface area contributed by atoms with Gasteiger partial charge in [0.05, 0.1) is 5.02 Å². The van der Waals surface area contributed by atoms with E-state index in [2.05, 4.69) is 25.4 Å². The first kappa shape index (κ1) is 13.8. The fourth-order valence-electron chi connectivity index (χ4n) is 1.70. The lowest BCUT2D eigenvalue weighted by atomic mass is 10.1. The van der Waals surface area contributed by atoms with Crippen molar-refractivity contribution in [2.45, 2.75) is 25.1 Å². The van der Waals surface area contributed by atoms with E-state index < -0.39 is 0 Å². The molecule has 1 N–H and O–H groups in total. The van der Waals surface area contributed by atoms with Crippen molar-refractivity contribution in [1.29, 1.82) is 0 Å². The number of ether oxygens (including phenoxy) is 2. The normalized spacial score (nSPS) is 14.0. The van der Waals surface area contributed by atoms with Gasteiger partial charge in [0.2, 0.25) is 6.79 Å². The number of nitrogens with one attached hydrogen (secondary N) is 1. The van der Waals surface area contributed by atoms with Crippen molar-refractivity contribution in [2.75, 3.05) is 19.6 Å². The Morgan fingerprint density at radius 3 is 2.89 bits per heavy atom. The predicted octanol–water partition coefficient (Wildman–Crippen LogP) is 3.30. The average Bonchev–Trinajstić information content (AvgIpc) is 2.77. The molecule has 1 aliphatic heterocycles. The first-order chi connectivity index (χ1) is 8.52. The smallest absolute Gasteiger partial charge is 0.231 e. The minimum Gasteiger partial charge on any atom is -0.454 e. The van der Waals surface area contributed by atoms with Crippen LogP contribution in [0, 0.1) is 0 Å². The summed E-state index contributed by atoms with van der Waals surface area (Å²) in [6.45, 7) is 6.42. The molecule has 0 saturated carbocycles. The van der Waals surface area contributed by atoms with Crippen molar-refractivity contribution in [3.8, 4) is 11.5 Å². The summed E-state index contributed by atoms with van der Waals surface area (Å²) in [6.07, 6.45) is 2.12. The SMILES string of the molecule is CSC(C)(C)CNCc1cc(Cl)c2c(c1)OCO2. The molecule has 0 spiro atoms. The first-order valence-corrected chi connectivity index (χ1v) is 7.46. The number of thioether (sulfide) groups is 1. The van der Waals surface area contributed by atoms with Gasteiger partial charge >= 0.3 is 0 Å². The van der Waals surface area contributed by atoms with Crippen molar-refractivity contribution >= 4 is 23.4 Å². The number of rotatable bonds is 5. The molecule has 1 aromatic rings. The van der Waals surface area contributed by atoms with Crippen LogP contribution in [0.4, 0.5) is 0 Å². The quantitative estimate of drug-likeness (QED) is 0.900. The molecule has 0 radical (unpaired) electrons. The van der Waals surface area contributed by atoms with Crippen molar-refractivity contribution in [3.63, 3.8) is 0 Å². The zero-order valence-electron chi connectivity index (χ0n) is 10.9. The van der Waals surface area contributed by atoms with Gasteiger partial charge < -0.3 is 14.8 Å². The third kappa shape index (κ3) is 3.25. The molecule has 0 saturated heterocycles. The highest BCUT2D eigenvalue weighted by molar-refractivity contribution is 7.99. The maximum absolute atomic E-state index is 6.13. The molecule has 0 bridgehead atoms. The van der Waals surface area contributed by atoms with Crippen LogP contribution in [0.2, 0.25) is 5.02 Å². The number of hydrogen-bond donors (Lipinski definition) is 1. The Morgan fingerprint density at radius 1 is 1.39 bits per heavy atom. The van der Waals surface area contributed by atoms with Crippen LogP contribution >= 0.6 is 23.4 Å². The van der Waals surface area contributed by atoms with E-state index in [9.17, 15) is 0 Å². The molecule has 1 aromatic carbocycles. The lowest BCUT2D eigenvalue weighted by molar-refractivity contribution is 0.174. The summed E-state index contributed by atoms with van der Waals surface area (Å²) < 4.78 is 10.9. The summed E-state index contributed by atoms with van der Waals surface area (Å²) in [4.78, 5) is 0. The van der Waals surface area contributed by atoms with Crippen molar-refractivity contribution in [3.05, 3.63) is 22.7 Å². The lowest BCUT2D eigenvalue weighted by Gasteiger charge is -2.22. The predicted molar refractivity (Wildman–Crippen MR) is 76.9 cm³/mol. The van der Waals surface area contributed by atoms with Crippen LogP contribution in [-0.2, 0) is 6.54 Å². The standard InChI is InChI=1S/C13H18ClNO2S/c1-13(2,18-3)7-15-6-9-4-10(14)12-11(5-9)16-8-17-12/h4-5,15H,6-8H2,1-3H3. The van der Waals surface area contributed by atoms with E-state index in [0.29, 0.717) is 10.8 Å². The Hall–Kier alpha value is -0.580. The van der Waals surface area contributed by atoms with Gasteiger partial charge in [-0.2, -0.15) is 11.8 Å². The summed E-state index contributed by atoms with van der Waals surface area (Å²) >= 11 is 7.99. The highest BCUT2D eigenvalue weighted by atomic mass is 35.5. The molecule has 1 heterocycles. The average molecular weight is 288 g/mol. The van der Waals surface area contributed by atoms with Gasteiger partial charge in [-0.25, -0.2) is 0 Å². The Morgan fingerprint density at radius 2 is 2.17 bits per heavy atom. The molecular weight excluding hydrogens is 270 g/mol. The zero-order chi connectivity index (χ0) is 13.2. The summed E-state index contributed by atoms with van der Waals surface area (Å²) in [6, 6.07) is 3.90. The van der Waals surface area contributed by atoms with Crippen LogP contribution < -0.4 is 14.8 Å². The van der Waals surface area contributed by atoms with Crippen LogP contribution in [0.1, 0.15) is 19.4 Å². The van der Waals surface area contributed by atoms with Gasteiger partial charge in [0.15, 0.2) is 11.5 Å². The summed E-state index contributed by atoms with van der Waals surface area (Å²) in [5.74, 6) is 1.40. The summed E-state index contributed by atoms with van der Waals surface area (Å²) in [5, 5.41) is 4.05. The Kier molecular flexibility index (Phi) is 4.30. The van der Waals surface area contributed by atoms with Gasteiger partial charge in [-0.05, 0) is 37.8 Å². The number of hydrogen-bond acceptors (Lipinski definition) is 4. The summed E-state index contributed by atoms with van der Waals surface area (Å²) in [5.41, 5.74) is 1.11. The minimum absolute atomic E-state index is 0.236. The van der Waals surface area contributed by atoms with Gasteiger partial charge in [-0.3, -0.25) is 0 Å². The second-order valence-electron chi connectivity index (χ2n) is 4.88. The van der Waals surface area contributed by atoms with E-state index in [1.165, 1.54) is 0 Å². The Balaban J connectivity index is 1.97.